The van der Waals surface area contributed by atoms with E-state index in [1.54, 1.807) is 55.8 Å². The summed E-state index contributed by atoms with van der Waals surface area (Å²) in [6.07, 6.45) is 18.2. The first-order valence-corrected chi connectivity index (χ1v) is 25.5. The van der Waals surface area contributed by atoms with E-state index in [4.69, 9.17) is 0 Å². The van der Waals surface area contributed by atoms with E-state index in [9.17, 15) is 19.2 Å². The molecule has 414 valence electrons. The number of H-pyrrole nitrogens is 8. The van der Waals surface area contributed by atoms with Gasteiger partial charge in [0.1, 0.15) is 28.9 Å². The number of nitrogens with one attached hydrogen (secondary N) is 14. The van der Waals surface area contributed by atoms with Crippen LogP contribution in [0.15, 0.2) is 160 Å². The fraction of sp³-hybridized carbons (Fsp3) is 0.280. The maximum absolute atomic E-state index is 10.9. The molecule has 0 aliphatic carbocycles. The van der Waals surface area contributed by atoms with Crippen LogP contribution in [0.2, 0.25) is 0 Å². The number of hydrogen-bond acceptors (Lipinski definition) is 22. The highest BCUT2D eigenvalue weighted by Gasteiger charge is 2.15. The van der Waals surface area contributed by atoms with Crippen molar-refractivity contribution in [3.05, 3.63) is 164 Å². The summed E-state index contributed by atoms with van der Waals surface area (Å²) in [5.74, 6) is 7.20. The maximum atomic E-state index is 10.9. The summed E-state index contributed by atoms with van der Waals surface area (Å²) >= 11 is 0. The molecule has 30 nitrogen and oxygen atoms in total. The van der Waals surface area contributed by atoms with Crippen LogP contribution in [0.1, 0.15) is 17.8 Å². The molecule has 6 aliphatic rings. The van der Waals surface area contributed by atoms with Gasteiger partial charge in [-0.15, -0.1) is 0 Å². The molecule has 6 aliphatic heterocycles. The van der Waals surface area contributed by atoms with Crippen molar-refractivity contribution in [2.75, 3.05) is 85.1 Å². The monoisotopic (exact) mass is 1090 g/mol. The van der Waals surface area contributed by atoms with Gasteiger partial charge in [0.2, 0.25) is 0 Å². The van der Waals surface area contributed by atoms with Crippen LogP contribution in [0.4, 0.5) is 0 Å². The smallest absolute Gasteiger partial charge is 0.326 e. The quantitative estimate of drug-likeness (QED) is 0.0908. The highest BCUT2D eigenvalue weighted by Crippen LogP contribution is 2.09. The van der Waals surface area contributed by atoms with Crippen LogP contribution in [-0.4, -0.2) is 190 Å². The van der Waals surface area contributed by atoms with Crippen LogP contribution in [-0.2, 0) is 0 Å². The third-order valence-corrected chi connectivity index (χ3v) is 11.0. The van der Waals surface area contributed by atoms with Gasteiger partial charge in [-0.3, -0.25) is 59.5 Å². The van der Waals surface area contributed by atoms with Crippen molar-refractivity contribution in [2.45, 2.75) is 6.42 Å². The molecule has 30 heteroatoms. The summed E-state index contributed by atoms with van der Waals surface area (Å²) in [7, 11) is 0. The van der Waals surface area contributed by atoms with Crippen LogP contribution >= 0.6 is 0 Å². The SMILES string of the molecule is C1CN=C(C2=NCCNC2)NC1.C1CNC(C2=NCCN2)=N1.O=c1cc(-c2ncc[nH]2)[nH]c(=O)[nH]1.O=c1cc(C2=NCCN2)[nH]c(=O)[nH]1.c1c[nH]c(-c2ncc[nH]2)n1.c1ccc(-c2ncc[nH]2)nc1.c1ccc(C2=NCCN2)nc1. The summed E-state index contributed by atoms with van der Waals surface area (Å²) in [4.78, 5) is 114. The Balaban J connectivity index is 0.000000123. The van der Waals surface area contributed by atoms with Gasteiger partial charge in [0.25, 0.3) is 11.1 Å². The molecule has 0 spiro atoms. The number of aliphatic imine (C=N–C) groups is 6. The zero-order chi connectivity index (χ0) is 55.4. The Morgan fingerprint density at radius 3 is 1.27 bits per heavy atom. The summed E-state index contributed by atoms with van der Waals surface area (Å²) in [6.45, 7) is 11.6. The molecule has 0 saturated carbocycles. The van der Waals surface area contributed by atoms with Crippen molar-refractivity contribution in [3.8, 4) is 34.7 Å². The minimum absolute atomic E-state index is 0.374. The topological polar surface area (TPSA) is 418 Å². The van der Waals surface area contributed by atoms with Gasteiger partial charge in [-0.1, -0.05) is 12.1 Å². The minimum atomic E-state index is -0.543. The van der Waals surface area contributed by atoms with Crippen LogP contribution < -0.4 is 54.4 Å². The molecule has 0 atom stereocenters. The number of aromatic amines is 8. The summed E-state index contributed by atoms with van der Waals surface area (Å²) in [5.41, 5.74) is 1.79. The van der Waals surface area contributed by atoms with Crippen LogP contribution in [0.25, 0.3) is 34.7 Å². The summed E-state index contributed by atoms with van der Waals surface area (Å²) in [6, 6.07) is 14.1. The molecular weight excluding hydrogens is 1030 g/mol. The second kappa shape index (κ2) is 30.3. The first-order valence-electron chi connectivity index (χ1n) is 25.5. The molecule has 8 aromatic rings. The minimum Gasteiger partial charge on any atom is -0.369 e. The molecule has 8 aromatic heterocycles. The van der Waals surface area contributed by atoms with Gasteiger partial charge >= 0.3 is 11.4 Å². The number of pyridine rings is 2. The molecule has 0 radical (unpaired) electrons. The highest BCUT2D eigenvalue weighted by atomic mass is 16.2. The van der Waals surface area contributed by atoms with Crippen molar-refractivity contribution in [1.29, 1.82) is 0 Å². The van der Waals surface area contributed by atoms with Crippen molar-refractivity contribution < 1.29 is 0 Å². The van der Waals surface area contributed by atoms with Gasteiger partial charge in [-0.05, 0) is 30.7 Å². The van der Waals surface area contributed by atoms with Gasteiger partial charge in [-0.25, -0.2) is 29.5 Å². The summed E-state index contributed by atoms with van der Waals surface area (Å²) < 4.78 is 0. The molecule has 0 fully saturated rings. The van der Waals surface area contributed by atoms with Crippen molar-refractivity contribution in [1.82, 2.24) is 102 Å². The lowest BCUT2D eigenvalue weighted by atomic mass is 10.2. The number of imidazole rings is 4. The number of nitrogens with zero attached hydrogens (tertiary/aromatic N) is 12. The van der Waals surface area contributed by atoms with Gasteiger partial charge in [0, 0.05) is 126 Å². The van der Waals surface area contributed by atoms with E-state index < -0.39 is 22.5 Å². The molecule has 0 amide bonds. The lowest BCUT2D eigenvalue weighted by molar-refractivity contribution is 0.722. The van der Waals surface area contributed by atoms with Crippen molar-refractivity contribution in [3.63, 3.8) is 0 Å². The molecule has 14 heterocycles. The number of rotatable bonds is 7. The third-order valence-electron chi connectivity index (χ3n) is 11.0. The third kappa shape index (κ3) is 17.8. The second-order valence-electron chi connectivity index (χ2n) is 16.8. The average molecular weight is 1090 g/mol. The molecule has 0 saturated heterocycles. The lowest BCUT2D eigenvalue weighted by Gasteiger charge is -2.19. The normalized spacial score (nSPS) is 15.4. The van der Waals surface area contributed by atoms with Crippen molar-refractivity contribution >= 4 is 34.9 Å². The van der Waals surface area contributed by atoms with E-state index in [-0.39, 0.29) is 0 Å². The molecule has 0 aromatic carbocycles. The molecule has 0 bridgehead atoms. The van der Waals surface area contributed by atoms with E-state index in [0.29, 0.717) is 29.6 Å². The van der Waals surface area contributed by atoms with Crippen molar-refractivity contribution in [2.24, 2.45) is 30.0 Å². The Morgan fingerprint density at radius 2 is 0.825 bits per heavy atom. The fourth-order valence-corrected chi connectivity index (χ4v) is 7.48. The zero-order valence-corrected chi connectivity index (χ0v) is 43.3. The number of amidine groups is 5. The predicted octanol–water partition coefficient (Wildman–Crippen LogP) is -1.02. The average Bonchev–Trinajstić information content (AvgIpc) is 4.34. The number of aromatic nitrogens is 14. The van der Waals surface area contributed by atoms with Crippen LogP contribution in [0.3, 0.4) is 0 Å². The Kier molecular flexibility index (Phi) is 21.1. The van der Waals surface area contributed by atoms with E-state index in [1.165, 1.54) is 18.3 Å². The van der Waals surface area contributed by atoms with Gasteiger partial charge < -0.3 is 61.8 Å². The molecular formula is C50H60N26O4. The van der Waals surface area contributed by atoms with E-state index in [0.717, 1.165) is 143 Å². The van der Waals surface area contributed by atoms with E-state index >= 15 is 0 Å². The molecule has 0 unspecified atom stereocenters. The van der Waals surface area contributed by atoms with Crippen LogP contribution in [0, 0.1) is 0 Å². The predicted molar refractivity (Wildman–Crippen MR) is 305 cm³/mol. The Morgan fingerprint density at radius 1 is 0.362 bits per heavy atom. The fourth-order valence-electron chi connectivity index (χ4n) is 7.48. The Labute approximate surface area is 454 Å². The standard InChI is InChI=1S/C8H14N4.C8H9N3.C8H7N3.C7H8N4O2.C7H6N4O2.C6H10N4.C6H6N4/c1-2-11-8(12-3-1)7-6-9-4-5-10-7;2*1-2-4-9-7(3-1)8-10-5-6-11-8;2*12-5-3-4(10-7(13)11-5)6-8-1-2-9-6;2*1-2-8-5(7-1)6-9-3-4-10-6/h9H,1-6H2,(H,11,12);1-4H,5-6H2,(H,10,11);1-6H,(H,10,11);3H,1-2H2,(H,8,9)(H2,10,11,12,13);1-3H,(H,8,9)(H2,10,11,12,13);1-4H2,(H,7,8)(H,9,10);1-4H,(H,7,8)(H,9,10). The maximum Gasteiger partial charge on any atom is 0.326 e. The first-order chi connectivity index (χ1) is 39.3. The van der Waals surface area contributed by atoms with E-state index in [2.05, 4.69) is 132 Å². The van der Waals surface area contributed by atoms with Crippen LogP contribution in [0.5, 0.6) is 0 Å². The zero-order valence-electron chi connectivity index (χ0n) is 43.3. The molecule has 14 rings (SSSR count). The van der Waals surface area contributed by atoms with Gasteiger partial charge in [0.15, 0.2) is 35.0 Å². The Bertz CT molecular complexity index is 3410. The lowest BCUT2D eigenvalue weighted by Crippen LogP contribution is -2.43. The van der Waals surface area contributed by atoms with Gasteiger partial charge in [-0.2, -0.15) is 0 Å². The second-order valence-corrected chi connectivity index (χ2v) is 16.8. The Hall–Kier alpha value is -10.5. The first kappa shape index (κ1) is 55.7. The number of hydrogen-bond donors (Lipinski definition) is 14. The summed E-state index contributed by atoms with van der Waals surface area (Å²) in [5, 5.41) is 19.0. The van der Waals surface area contributed by atoms with E-state index in [1.807, 2.05) is 36.4 Å². The molecule has 80 heavy (non-hydrogen) atoms. The van der Waals surface area contributed by atoms with Gasteiger partial charge in [0.05, 0.1) is 49.8 Å². The highest BCUT2D eigenvalue weighted by molar-refractivity contribution is 6.42. The largest absolute Gasteiger partial charge is 0.369 e. The molecule has 14 N–H and O–H groups in total.